The molecule has 3 N–H and O–H groups in total. The molecule has 2 aliphatic rings. The molecule has 3 atom stereocenters. The first-order valence-electron chi connectivity index (χ1n) is 8.25. The topological polar surface area (TPSA) is 55.1 Å². The van der Waals surface area contributed by atoms with E-state index in [0.29, 0.717) is 24.4 Å². The summed E-state index contributed by atoms with van der Waals surface area (Å²) in [6, 6.07) is 0.343. The fourth-order valence-corrected chi connectivity index (χ4v) is 3.92. The fourth-order valence-electron chi connectivity index (χ4n) is 3.92. The van der Waals surface area contributed by atoms with Gasteiger partial charge in [0.25, 0.3) is 0 Å². The van der Waals surface area contributed by atoms with Crippen molar-refractivity contribution in [2.24, 2.45) is 23.5 Å². The van der Waals surface area contributed by atoms with Crippen LogP contribution in [0.25, 0.3) is 0 Å². The molecular formula is C16H30N2O. The van der Waals surface area contributed by atoms with Gasteiger partial charge in [0.2, 0.25) is 5.91 Å². The molecule has 19 heavy (non-hydrogen) atoms. The molecule has 0 aromatic heterocycles. The van der Waals surface area contributed by atoms with Gasteiger partial charge in [0.1, 0.15) is 0 Å². The van der Waals surface area contributed by atoms with Gasteiger partial charge in [-0.2, -0.15) is 0 Å². The van der Waals surface area contributed by atoms with Crippen molar-refractivity contribution in [1.29, 1.82) is 0 Å². The minimum Gasteiger partial charge on any atom is -0.353 e. The zero-order valence-corrected chi connectivity index (χ0v) is 12.4. The second kappa shape index (κ2) is 7.28. The van der Waals surface area contributed by atoms with Crippen LogP contribution in [-0.4, -0.2) is 18.5 Å². The Kier molecular flexibility index (Phi) is 5.68. The molecule has 3 heteroatoms. The van der Waals surface area contributed by atoms with Gasteiger partial charge in [-0.15, -0.1) is 0 Å². The molecule has 0 bridgehead atoms. The van der Waals surface area contributed by atoms with Gasteiger partial charge in [-0.05, 0) is 44.1 Å². The predicted molar refractivity (Wildman–Crippen MR) is 78.7 cm³/mol. The van der Waals surface area contributed by atoms with Crippen molar-refractivity contribution >= 4 is 5.91 Å². The molecule has 110 valence electrons. The van der Waals surface area contributed by atoms with Crippen LogP contribution < -0.4 is 11.1 Å². The Balaban J connectivity index is 1.82. The third kappa shape index (κ3) is 3.95. The fraction of sp³-hybridized carbons (Fsp3) is 0.938. The zero-order chi connectivity index (χ0) is 13.7. The Morgan fingerprint density at radius 2 is 1.95 bits per heavy atom. The van der Waals surface area contributed by atoms with E-state index < -0.39 is 0 Å². The standard InChI is InChI=1S/C16H30N2O/c1-2-13(10-12-6-3-4-7-12)16(19)18-15-9-5-8-14(15)11-17/h12-15H,2-11,17H2,1H3,(H,18,19). The summed E-state index contributed by atoms with van der Waals surface area (Å²) >= 11 is 0. The molecule has 0 aromatic carbocycles. The van der Waals surface area contributed by atoms with Crippen LogP contribution in [0.5, 0.6) is 0 Å². The lowest BCUT2D eigenvalue weighted by Gasteiger charge is -2.24. The van der Waals surface area contributed by atoms with E-state index in [9.17, 15) is 4.79 Å². The van der Waals surface area contributed by atoms with Crippen molar-refractivity contribution in [3.8, 4) is 0 Å². The maximum Gasteiger partial charge on any atom is 0.223 e. The van der Waals surface area contributed by atoms with E-state index in [1.807, 2.05) is 0 Å². The summed E-state index contributed by atoms with van der Waals surface area (Å²) in [7, 11) is 0. The molecule has 0 heterocycles. The predicted octanol–water partition coefficient (Wildman–Crippen LogP) is 2.84. The highest BCUT2D eigenvalue weighted by molar-refractivity contribution is 5.79. The summed E-state index contributed by atoms with van der Waals surface area (Å²) in [5.74, 6) is 1.82. The third-order valence-electron chi connectivity index (χ3n) is 5.25. The summed E-state index contributed by atoms with van der Waals surface area (Å²) < 4.78 is 0. The molecule has 0 spiro atoms. The first kappa shape index (κ1) is 14.8. The highest BCUT2D eigenvalue weighted by Gasteiger charge is 2.30. The number of nitrogens with two attached hydrogens (primary N) is 1. The van der Waals surface area contributed by atoms with Gasteiger partial charge in [0, 0.05) is 12.0 Å². The first-order chi connectivity index (χ1) is 9.24. The maximum absolute atomic E-state index is 12.4. The van der Waals surface area contributed by atoms with Crippen molar-refractivity contribution in [3.63, 3.8) is 0 Å². The molecule has 1 amide bonds. The zero-order valence-electron chi connectivity index (χ0n) is 12.4. The number of carbonyl (C=O) groups excluding carboxylic acids is 1. The SMILES string of the molecule is CCC(CC1CCCC1)C(=O)NC1CCCC1CN. The van der Waals surface area contributed by atoms with Gasteiger partial charge in [0.15, 0.2) is 0 Å². The van der Waals surface area contributed by atoms with E-state index in [2.05, 4.69) is 12.2 Å². The number of hydrogen-bond donors (Lipinski definition) is 2. The van der Waals surface area contributed by atoms with E-state index in [4.69, 9.17) is 5.73 Å². The average molecular weight is 266 g/mol. The minimum atomic E-state index is 0.224. The van der Waals surface area contributed by atoms with E-state index in [1.165, 1.54) is 38.5 Å². The second-order valence-electron chi connectivity index (χ2n) is 6.53. The van der Waals surface area contributed by atoms with Gasteiger partial charge in [-0.25, -0.2) is 0 Å². The Hall–Kier alpha value is -0.570. The Morgan fingerprint density at radius 1 is 1.21 bits per heavy atom. The number of hydrogen-bond acceptors (Lipinski definition) is 2. The van der Waals surface area contributed by atoms with Crippen LogP contribution >= 0.6 is 0 Å². The molecule has 0 saturated heterocycles. The van der Waals surface area contributed by atoms with Crippen molar-refractivity contribution < 1.29 is 4.79 Å². The molecule has 2 aliphatic carbocycles. The van der Waals surface area contributed by atoms with E-state index in [-0.39, 0.29) is 5.92 Å². The average Bonchev–Trinajstić information content (AvgIpc) is 3.06. The molecule has 2 saturated carbocycles. The van der Waals surface area contributed by atoms with Crippen molar-refractivity contribution in [2.75, 3.05) is 6.54 Å². The lowest BCUT2D eigenvalue weighted by Crippen LogP contribution is -2.43. The van der Waals surface area contributed by atoms with Gasteiger partial charge in [0.05, 0.1) is 0 Å². The molecule has 3 nitrogen and oxygen atoms in total. The summed E-state index contributed by atoms with van der Waals surface area (Å²) in [5, 5.41) is 3.29. The third-order valence-corrected chi connectivity index (χ3v) is 5.25. The Morgan fingerprint density at radius 3 is 2.58 bits per heavy atom. The van der Waals surface area contributed by atoms with Crippen molar-refractivity contribution in [2.45, 2.75) is 70.8 Å². The van der Waals surface area contributed by atoms with Crippen molar-refractivity contribution in [3.05, 3.63) is 0 Å². The van der Waals surface area contributed by atoms with Crippen molar-refractivity contribution in [1.82, 2.24) is 5.32 Å². The van der Waals surface area contributed by atoms with E-state index >= 15 is 0 Å². The van der Waals surface area contributed by atoms with E-state index in [1.54, 1.807) is 0 Å². The smallest absolute Gasteiger partial charge is 0.223 e. The molecule has 3 unspecified atom stereocenters. The summed E-state index contributed by atoms with van der Waals surface area (Å²) in [4.78, 5) is 12.4. The van der Waals surface area contributed by atoms with Crippen LogP contribution in [-0.2, 0) is 4.79 Å². The lowest BCUT2D eigenvalue weighted by atomic mass is 9.90. The lowest BCUT2D eigenvalue weighted by molar-refractivity contribution is -0.126. The number of nitrogens with one attached hydrogen (secondary N) is 1. The normalized spacial score (nSPS) is 29.6. The largest absolute Gasteiger partial charge is 0.353 e. The second-order valence-corrected chi connectivity index (χ2v) is 6.53. The van der Waals surface area contributed by atoms with E-state index in [0.717, 1.165) is 25.2 Å². The van der Waals surface area contributed by atoms with Crippen LogP contribution in [0.15, 0.2) is 0 Å². The highest BCUT2D eigenvalue weighted by atomic mass is 16.1. The van der Waals surface area contributed by atoms with Gasteiger partial charge in [-0.1, -0.05) is 39.0 Å². The molecule has 0 aromatic rings. The van der Waals surface area contributed by atoms with Crippen LogP contribution in [0.4, 0.5) is 0 Å². The van der Waals surface area contributed by atoms with Crippen LogP contribution in [0.2, 0.25) is 0 Å². The monoisotopic (exact) mass is 266 g/mol. The first-order valence-corrected chi connectivity index (χ1v) is 8.25. The quantitative estimate of drug-likeness (QED) is 0.776. The number of amides is 1. The molecule has 2 rings (SSSR count). The summed E-state index contributed by atoms with van der Waals surface area (Å²) in [6.07, 6.45) is 11.0. The van der Waals surface area contributed by atoms with Gasteiger partial charge >= 0.3 is 0 Å². The van der Waals surface area contributed by atoms with Crippen LogP contribution in [0.3, 0.4) is 0 Å². The molecule has 0 radical (unpaired) electrons. The van der Waals surface area contributed by atoms with Gasteiger partial charge in [-0.3, -0.25) is 4.79 Å². The maximum atomic E-state index is 12.4. The number of carbonyl (C=O) groups is 1. The number of rotatable bonds is 6. The summed E-state index contributed by atoms with van der Waals surface area (Å²) in [6.45, 7) is 2.86. The van der Waals surface area contributed by atoms with Gasteiger partial charge < -0.3 is 11.1 Å². The minimum absolute atomic E-state index is 0.224. The van der Waals surface area contributed by atoms with Crippen LogP contribution in [0, 0.1) is 17.8 Å². The molecule has 0 aliphatic heterocycles. The Labute approximate surface area is 117 Å². The molecular weight excluding hydrogens is 236 g/mol. The highest BCUT2D eigenvalue weighted by Crippen LogP contribution is 2.32. The van der Waals surface area contributed by atoms with Crippen LogP contribution in [0.1, 0.15) is 64.7 Å². The summed E-state index contributed by atoms with van der Waals surface area (Å²) in [5.41, 5.74) is 5.79. The Bertz CT molecular complexity index is 286. The molecule has 2 fully saturated rings.